The van der Waals surface area contributed by atoms with Gasteiger partial charge in [-0.1, -0.05) is 95.6 Å². The molecular weight excluding hydrogens is 330 g/mol. The second kappa shape index (κ2) is 22.7. The summed E-state index contributed by atoms with van der Waals surface area (Å²) >= 11 is 0. The van der Waals surface area contributed by atoms with Gasteiger partial charge >= 0.3 is 0 Å². The van der Waals surface area contributed by atoms with Gasteiger partial charge in [-0.15, -0.1) is 0 Å². The molecule has 0 spiro atoms. The Morgan fingerprint density at radius 3 is 1.78 bits per heavy atom. The highest BCUT2D eigenvalue weighted by Gasteiger charge is 1.93. The molecule has 2 heteroatoms. The van der Waals surface area contributed by atoms with Crippen LogP contribution in [0.1, 0.15) is 110 Å². The summed E-state index contributed by atoms with van der Waals surface area (Å²) in [6, 6.07) is 0. The zero-order chi connectivity index (χ0) is 19.8. The molecule has 0 aliphatic carbocycles. The molecule has 0 aliphatic rings. The summed E-state index contributed by atoms with van der Waals surface area (Å²) < 4.78 is 0. The molecule has 0 bridgehead atoms. The van der Waals surface area contributed by atoms with E-state index >= 15 is 0 Å². The van der Waals surface area contributed by atoms with E-state index < -0.39 is 0 Å². The highest BCUT2D eigenvalue weighted by atomic mass is 16.1. The molecule has 0 aliphatic heterocycles. The third kappa shape index (κ3) is 22.6. The van der Waals surface area contributed by atoms with Crippen LogP contribution in [0.25, 0.3) is 0 Å². The van der Waals surface area contributed by atoms with Gasteiger partial charge < -0.3 is 5.32 Å². The fourth-order valence-corrected chi connectivity index (χ4v) is 2.94. The van der Waals surface area contributed by atoms with Crippen LogP contribution in [0, 0.1) is 0 Å². The molecule has 0 saturated heterocycles. The van der Waals surface area contributed by atoms with E-state index in [0.717, 1.165) is 19.4 Å². The lowest BCUT2D eigenvalue weighted by Crippen LogP contribution is -2.21. The monoisotopic (exact) mass is 375 g/mol. The molecule has 0 saturated carbocycles. The Labute approximate surface area is 169 Å². The molecule has 0 rings (SSSR count). The summed E-state index contributed by atoms with van der Waals surface area (Å²) in [7, 11) is 0. The number of rotatable bonds is 19. The second-order valence-electron chi connectivity index (χ2n) is 7.45. The molecular formula is C25H45NO. The molecule has 156 valence electrons. The van der Waals surface area contributed by atoms with Gasteiger partial charge in [0.25, 0.3) is 0 Å². The minimum Gasteiger partial charge on any atom is -0.353 e. The average molecular weight is 376 g/mol. The first-order valence-corrected chi connectivity index (χ1v) is 11.6. The van der Waals surface area contributed by atoms with Crippen LogP contribution in [0.3, 0.4) is 0 Å². The maximum absolute atomic E-state index is 11.5. The molecule has 0 fully saturated rings. The van der Waals surface area contributed by atoms with Crippen molar-refractivity contribution in [3.8, 4) is 0 Å². The van der Waals surface area contributed by atoms with Crippen molar-refractivity contribution in [2.75, 3.05) is 6.54 Å². The van der Waals surface area contributed by atoms with E-state index in [2.05, 4.69) is 37.4 Å². The lowest BCUT2D eigenvalue weighted by Gasteiger charge is -2.00. The van der Waals surface area contributed by atoms with Crippen molar-refractivity contribution in [3.63, 3.8) is 0 Å². The van der Waals surface area contributed by atoms with E-state index in [1.165, 1.54) is 83.5 Å². The smallest absolute Gasteiger partial charge is 0.243 e. The van der Waals surface area contributed by atoms with E-state index in [1.54, 1.807) is 6.08 Å². The summed E-state index contributed by atoms with van der Waals surface area (Å²) in [5.41, 5.74) is 0. The molecule has 0 heterocycles. The van der Waals surface area contributed by atoms with Crippen LogP contribution in [0.4, 0.5) is 0 Å². The number of unbranched alkanes of at least 4 members (excludes halogenated alkanes) is 12. The summed E-state index contributed by atoms with van der Waals surface area (Å²) in [5, 5.41) is 2.91. The Bertz CT molecular complexity index is 395. The van der Waals surface area contributed by atoms with Crippen molar-refractivity contribution in [2.45, 2.75) is 110 Å². The van der Waals surface area contributed by atoms with Crippen molar-refractivity contribution in [1.82, 2.24) is 5.32 Å². The van der Waals surface area contributed by atoms with Gasteiger partial charge in [0.15, 0.2) is 0 Å². The van der Waals surface area contributed by atoms with Gasteiger partial charge in [0, 0.05) is 12.6 Å². The Kier molecular flexibility index (Phi) is 21.6. The number of hydrogen-bond donors (Lipinski definition) is 1. The van der Waals surface area contributed by atoms with Crippen molar-refractivity contribution >= 4 is 5.91 Å². The van der Waals surface area contributed by atoms with Gasteiger partial charge in [0.1, 0.15) is 0 Å². The number of hydrogen-bond acceptors (Lipinski definition) is 1. The molecule has 27 heavy (non-hydrogen) atoms. The predicted molar refractivity (Wildman–Crippen MR) is 121 cm³/mol. The highest BCUT2D eigenvalue weighted by molar-refractivity contribution is 5.87. The standard InChI is InChI=1S/C25H45NO/c1-3-5-7-8-9-10-11-12-13-14-15-16-17-18-19-20-21-23-25(27)26-24-22-6-4-2/h9-10,19-21,23H,3-8,11-18,22,24H2,1-2H3,(H,26,27)/b10-9+,20-19+,23-21+. The number of allylic oxidation sites excluding steroid dienone is 5. The van der Waals surface area contributed by atoms with Gasteiger partial charge in [0.2, 0.25) is 5.91 Å². The minimum absolute atomic E-state index is 0.0200. The molecule has 0 unspecified atom stereocenters. The van der Waals surface area contributed by atoms with Gasteiger partial charge in [0.05, 0.1) is 0 Å². The molecule has 0 aromatic carbocycles. The first-order chi connectivity index (χ1) is 13.3. The van der Waals surface area contributed by atoms with Crippen molar-refractivity contribution in [2.24, 2.45) is 0 Å². The lowest BCUT2D eigenvalue weighted by molar-refractivity contribution is -0.116. The zero-order valence-corrected chi connectivity index (χ0v) is 18.2. The van der Waals surface area contributed by atoms with E-state index in [4.69, 9.17) is 0 Å². The molecule has 0 aromatic rings. The van der Waals surface area contributed by atoms with Crippen LogP contribution in [-0.2, 0) is 4.79 Å². The molecule has 1 N–H and O–H groups in total. The van der Waals surface area contributed by atoms with E-state index in [1.807, 2.05) is 12.2 Å². The first kappa shape index (κ1) is 25.7. The largest absolute Gasteiger partial charge is 0.353 e. The first-order valence-electron chi connectivity index (χ1n) is 11.6. The third-order valence-electron chi connectivity index (χ3n) is 4.71. The van der Waals surface area contributed by atoms with Gasteiger partial charge in [-0.3, -0.25) is 4.79 Å². The number of amides is 1. The van der Waals surface area contributed by atoms with Gasteiger partial charge in [-0.2, -0.15) is 0 Å². The highest BCUT2D eigenvalue weighted by Crippen LogP contribution is 2.09. The molecule has 0 atom stereocenters. The number of carbonyl (C=O) groups is 1. The van der Waals surface area contributed by atoms with Crippen LogP contribution in [-0.4, -0.2) is 12.5 Å². The minimum atomic E-state index is 0.0200. The van der Waals surface area contributed by atoms with Crippen LogP contribution in [0.15, 0.2) is 36.5 Å². The fourth-order valence-electron chi connectivity index (χ4n) is 2.94. The van der Waals surface area contributed by atoms with Crippen LogP contribution < -0.4 is 5.32 Å². The lowest BCUT2D eigenvalue weighted by atomic mass is 10.1. The number of nitrogens with one attached hydrogen (secondary N) is 1. The molecule has 0 aromatic heterocycles. The van der Waals surface area contributed by atoms with Crippen LogP contribution in [0.5, 0.6) is 0 Å². The maximum atomic E-state index is 11.5. The second-order valence-corrected chi connectivity index (χ2v) is 7.45. The summed E-state index contributed by atoms with van der Waals surface area (Å²) in [6.45, 7) is 5.21. The van der Waals surface area contributed by atoms with Crippen molar-refractivity contribution in [3.05, 3.63) is 36.5 Å². The average Bonchev–Trinajstić information content (AvgIpc) is 2.67. The van der Waals surface area contributed by atoms with Crippen LogP contribution >= 0.6 is 0 Å². The zero-order valence-electron chi connectivity index (χ0n) is 18.2. The summed E-state index contributed by atoms with van der Waals surface area (Å²) in [4.78, 5) is 11.5. The van der Waals surface area contributed by atoms with Crippen molar-refractivity contribution < 1.29 is 4.79 Å². The normalized spacial score (nSPS) is 11.9. The van der Waals surface area contributed by atoms with E-state index in [0.29, 0.717) is 0 Å². The quantitative estimate of drug-likeness (QED) is 0.107. The predicted octanol–water partition coefficient (Wildman–Crippen LogP) is 7.66. The summed E-state index contributed by atoms with van der Waals surface area (Å²) in [6.07, 6.45) is 31.5. The third-order valence-corrected chi connectivity index (χ3v) is 4.71. The van der Waals surface area contributed by atoms with E-state index in [9.17, 15) is 4.79 Å². The van der Waals surface area contributed by atoms with E-state index in [-0.39, 0.29) is 5.91 Å². The van der Waals surface area contributed by atoms with Gasteiger partial charge in [-0.05, 0) is 44.9 Å². The topological polar surface area (TPSA) is 29.1 Å². The maximum Gasteiger partial charge on any atom is 0.243 e. The van der Waals surface area contributed by atoms with Crippen molar-refractivity contribution in [1.29, 1.82) is 0 Å². The Morgan fingerprint density at radius 2 is 1.15 bits per heavy atom. The Balaban J connectivity index is 3.32. The number of carbonyl (C=O) groups excluding carboxylic acids is 1. The fraction of sp³-hybridized carbons (Fsp3) is 0.720. The Hall–Kier alpha value is -1.31. The molecule has 2 nitrogen and oxygen atoms in total. The molecule has 1 amide bonds. The van der Waals surface area contributed by atoms with Gasteiger partial charge in [-0.25, -0.2) is 0 Å². The summed E-state index contributed by atoms with van der Waals surface area (Å²) in [5.74, 6) is 0.0200. The SMILES string of the molecule is CCCCC/C=C/CCCCCCCC/C=C/C=C/C(=O)NCCCCC. The van der Waals surface area contributed by atoms with Crippen LogP contribution in [0.2, 0.25) is 0 Å². The molecule has 0 radical (unpaired) electrons. The Morgan fingerprint density at radius 1 is 0.630 bits per heavy atom.